The van der Waals surface area contributed by atoms with Crippen LogP contribution in [0, 0.1) is 0 Å². The van der Waals surface area contributed by atoms with Gasteiger partial charge in [0.1, 0.15) is 51.3 Å². The maximum absolute atomic E-state index is 11.6. The summed E-state index contributed by atoms with van der Waals surface area (Å²) in [6, 6.07) is 49.9. The Bertz CT molecular complexity index is 5170. The number of furan rings is 3. The number of rotatable bonds is 27. The van der Waals surface area contributed by atoms with E-state index in [0.717, 1.165) is 85.3 Å². The molecular formula is C83H81Br3N10O17. The Morgan fingerprint density at radius 1 is 0.496 bits per heavy atom. The number of phenols is 1. The number of oxazole rings is 2. The van der Waals surface area contributed by atoms with Gasteiger partial charge in [-0.05, 0) is 183 Å². The number of nitrogens with zero attached hydrogens (tertiary/aromatic N) is 8. The lowest BCUT2D eigenvalue weighted by Crippen LogP contribution is -2.29. The standard InChI is InChI=1S/C30H28N4O4.2C15H12BrNO5.C14H18N4.C8H7BrO3.CH4/c1-37-29-17-23-16-27(21-8-10-22(11-9-21)30(35)36)38-28(23)18-26(29)33-14-15-34(19-24-6-2-4-12-31-24)20-25-7-3-5-13-32-25;2*1-3-20-15(18)13-7-17-14(22-13)12-5-8-4-11(19-2)9(16)6-10(8)21-12;15-7-10-18(11-13-5-1-3-8-16-13)12-14-6-2-4-9-17-14;1-12-8-2-5(4-10)7(11)3-6(8)9;/h2-13,16-18,33H,14-15,19-20H2,1H3,(H,35,36);2*4-7H,3H2,1-2H3;1-6,8-9H,7,10-12,15H2;2-4,11H,1H3;1H4. The van der Waals surface area contributed by atoms with Gasteiger partial charge in [0.25, 0.3) is 11.8 Å². The van der Waals surface area contributed by atoms with Crippen molar-refractivity contribution in [3.05, 3.63) is 260 Å². The highest BCUT2D eigenvalue weighted by molar-refractivity contribution is 9.11. The number of carboxylic acid groups (broad SMARTS) is 1. The molecule has 0 atom stereocenters. The average Bonchev–Trinajstić information content (AvgIpc) is 1.66. The van der Waals surface area contributed by atoms with Gasteiger partial charge in [-0.3, -0.25) is 34.5 Å². The zero-order chi connectivity index (χ0) is 79.5. The number of benzene rings is 5. The minimum atomic E-state index is -0.958. The van der Waals surface area contributed by atoms with Crippen molar-refractivity contribution in [2.24, 2.45) is 5.73 Å². The molecule has 0 amide bonds. The van der Waals surface area contributed by atoms with Crippen LogP contribution in [-0.4, -0.2) is 142 Å². The van der Waals surface area contributed by atoms with Crippen LogP contribution in [0.5, 0.6) is 28.7 Å². The van der Waals surface area contributed by atoms with Crippen LogP contribution in [0.25, 0.3) is 67.5 Å². The predicted molar refractivity (Wildman–Crippen MR) is 436 cm³/mol. The van der Waals surface area contributed by atoms with E-state index in [4.69, 9.17) is 61.3 Å². The lowest BCUT2D eigenvalue weighted by molar-refractivity contribution is 0.0482. The Morgan fingerprint density at radius 3 is 1.29 bits per heavy atom. The van der Waals surface area contributed by atoms with Gasteiger partial charge in [-0.1, -0.05) is 43.8 Å². The molecule has 0 aliphatic carbocycles. The normalized spacial score (nSPS) is 10.7. The third-order valence-corrected chi connectivity index (χ3v) is 18.1. The maximum Gasteiger partial charge on any atom is 0.375 e. The predicted octanol–water partition coefficient (Wildman–Crippen LogP) is 17.8. The number of carboxylic acids is 1. The molecule has 0 aliphatic rings. The summed E-state index contributed by atoms with van der Waals surface area (Å²) in [6.45, 7) is 9.91. The number of hydrogen-bond donors (Lipinski definition) is 4. The number of aldehydes is 1. The number of carbonyl (C=O) groups excluding carboxylic acids is 3. The molecule has 5 aromatic carbocycles. The van der Waals surface area contributed by atoms with E-state index in [1.165, 1.54) is 31.6 Å². The summed E-state index contributed by atoms with van der Waals surface area (Å²) in [5.74, 6) is 2.52. The van der Waals surface area contributed by atoms with E-state index < -0.39 is 17.9 Å². The highest BCUT2D eigenvalue weighted by atomic mass is 79.9. The monoisotopic (exact) mass is 1730 g/mol. The molecule has 0 saturated carbocycles. The Balaban J connectivity index is 0.000000170. The van der Waals surface area contributed by atoms with Gasteiger partial charge in [-0.25, -0.2) is 24.4 Å². The van der Waals surface area contributed by atoms with Crippen LogP contribution in [0.1, 0.15) is 85.9 Å². The van der Waals surface area contributed by atoms with E-state index in [1.807, 2.05) is 128 Å². The lowest BCUT2D eigenvalue weighted by Gasteiger charge is -2.22. The number of phenolic OH excluding ortho intramolecular Hbond substituents is 1. The van der Waals surface area contributed by atoms with Crippen LogP contribution < -0.4 is 30.0 Å². The van der Waals surface area contributed by atoms with Gasteiger partial charge >= 0.3 is 17.9 Å². The van der Waals surface area contributed by atoms with Gasteiger partial charge in [-0.2, -0.15) is 0 Å². The van der Waals surface area contributed by atoms with Crippen LogP contribution >= 0.6 is 47.8 Å². The van der Waals surface area contributed by atoms with E-state index in [2.05, 4.69) is 92.8 Å². The third-order valence-electron chi connectivity index (χ3n) is 16.3. The van der Waals surface area contributed by atoms with E-state index in [-0.39, 0.29) is 60.8 Å². The van der Waals surface area contributed by atoms with Crippen molar-refractivity contribution in [1.82, 2.24) is 39.7 Å². The van der Waals surface area contributed by atoms with Gasteiger partial charge in [0.05, 0.1) is 107 Å². The first-order valence-electron chi connectivity index (χ1n) is 34.7. The molecule has 0 aliphatic heterocycles. The number of methoxy groups -OCH3 is 4. The summed E-state index contributed by atoms with van der Waals surface area (Å²) in [7, 11) is 6.32. The number of nitrogens with one attached hydrogen (secondary N) is 1. The Labute approximate surface area is 675 Å². The summed E-state index contributed by atoms with van der Waals surface area (Å²) >= 11 is 9.97. The van der Waals surface area contributed by atoms with Crippen molar-refractivity contribution in [3.8, 4) is 63.4 Å². The fourth-order valence-electron chi connectivity index (χ4n) is 10.9. The Kier molecular flexibility index (Phi) is 31.9. The summed E-state index contributed by atoms with van der Waals surface area (Å²) in [5.41, 5.74) is 13.9. The molecule has 0 unspecified atom stereocenters. The number of hydrogen-bond acceptors (Lipinski definition) is 26. The molecule has 0 radical (unpaired) electrons. The van der Waals surface area contributed by atoms with E-state index in [1.54, 1.807) is 83.7 Å². The summed E-state index contributed by atoms with van der Waals surface area (Å²) < 4.78 is 61.2. The molecule has 27 nitrogen and oxygen atoms in total. The van der Waals surface area contributed by atoms with Crippen LogP contribution in [-0.2, 0) is 35.7 Å². The third kappa shape index (κ3) is 23.7. The van der Waals surface area contributed by atoms with Crippen LogP contribution in [0.15, 0.2) is 236 Å². The fourth-order valence-corrected chi connectivity index (χ4v) is 12.4. The van der Waals surface area contributed by atoms with E-state index >= 15 is 0 Å². The summed E-state index contributed by atoms with van der Waals surface area (Å²) in [6.07, 6.45) is 10.5. The van der Waals surface area contributed by atoms with Crippen molar-refractivity contribution in [2.45, 2.75) is 47.5 Å². The molecule has 5 N–H and O–H groups in total. The Morgan fingerprint density at radius 2 is 0.894 bits per heavy atom. The maximum atomic E-state index is 11.6. The van der Waals surface area contributed by atoms with Crippen molar-refractivity contribution in [1.29, 1.82) is 0 Å². The number of aromatic carboxylic acids is 1. The molecule has 0 spiro atoms. The first-order valence-corrected chi connectivity index (χ1v) is 37.0. The number of aromatic hydroxyl groups is 1. The molecular weight excluding hydrogens is 1650 g/mol. The van der Waals surface area contributed by atoms with Gasteiger partial charge in [0, 0.05) is 105 Å². The van der Waals surface area contributed by atoms with Gasteiger partial charge in [0.2, 0.25) is 11.5 Å². The molecule has 30 heteroatoms. The van der Waals surface area contributed by atoms with Crippen molar-refractivity contribution < 1.29 is 79.9 Å². The molecule has 14 aromatic rings. The smallest absolute Gasteiger partial charge is 0.375 e. The number of halogens is 3. The minimum Gasteiger partial charge on any atom is -0.507 e. The molecule has 14 rings (SSSR count). The van der Waals surface area contributed by atoms with Gasteiger partial charge in [-0.15, -0.1) is 0 Å². The van der Waals surface area contributed by atoms with Gasteiger partial charge in [0.15, 0.2) is 17.8 Å². The number of pyridine rings is 4. The van der Waals surface area contributed by atoms with Crippen LogP contribution in [0.3, 0.4) is 0 Å². The lowest BCUT2D eigenvalue weighted by atomic mass is 10.1. The molecule has 0 saturated heterocycles. The SMILES string of the molecule is C.CCOC(=O)c1cnc(-c2cc3cc(OC)c(Br)cc3o2)o1.CCOC(=O)c1cnc(-c2cc3cc(OC)c(Br)cc3o2)o1.COc1cc(C=O)c(O)cc1Br.COc1cc2cc(-c3ccc(C(=O)O)cc3)oc2cc1NCCN(Cc1ccccn1)Cc1ccccn1.NCCN(Cc1ccccn1)Cc1ccccn1. The number of nitrogens with two attached hydrogens (primary N) is 1. The zero-order valence-corrected chi connectivity index (χ0v) is 66.3. The second-order valence-corrected chi connectivity index (χ2v) is 26.5. The minimum absolute atomic E-state index is 0. The number of carbonyl (C=O) groups is 4. The van der Waals surface area contributed by atoms with Crippen LogP contribution in [0.4, 0.5) is 5.69 Å². The van der Waals surface area contributed by atoms with E-state index in [0.29, 0.717) is 94.0 Å². The van der Waals surface area contributed by atoms with Crippen molar-refractivity contribution in [3.63, 3.8) is 0 Å². The number of esters is 2. The van der Waals surface area contributed by atoms with Gasteiger partial charge < -0.3 is 71.8 Å². The number of fused-ring (bicyclic) bond motifs is 3. The number of anilines is 1. The molecule has 586 valence electrons. The summed E-state index contributed by atoms with van der Waals surface area (Å²) in [5, 5.41) is 24.4. The van der Waals surface area contributed by atoms with Crippen molar-refractivity contribution in [2.75, 3.05) is 73.1 Å². The second-order valence-electron chi connectivity index (χ2n) is 23.9. The topological polar surface area (TPSA) is 352 Å². The van der Waals surface area contributed by atoms with Crippen molar-refractivity contribution >= 4 is 111 Å². The highest BCUT2D eigenvalue weighted by Gasteiger charge is 2.22. The second kappa shape index (κ2) is 42.4. The molecule has 9 aromatic heterocycles. The van der Waals surface area contributed by atoms with E-state index in [9.17, 15) is 24.3 Å². The highest BCUT2D eigenvalue weighted by Crippen LogP contribution is 2.39. The molecule has 0 bridgehead atoms. The quantitative estimate of drug-likeness (QED) is 0.0274. The summed E-state index contributed by atoms with van der Waals surface area (Å²) in [4.78, 5) is 75.0. The molecule has 0 fully saturated rings. The number of aromatic nitrogens is 6. The first kappa shape index (κ1) is 85.0. The Hall–Kier alpha value is -12.1. The zero-order valence-electron chi connectivity index (χ0n) is 61.5. The molecule has 9 heterocycles. The number of ether oxygens (including phenoxy) is 6. The van der Waals surface area contributed by atoms with Crippen LogP contribution in [0.2, 0.25) is 0 Å². The average molecular weight is 1730 g/mol. The fraction of sp³-hybridized carbons (Fsp3) is 0.205. The molecule has 113 heavy (non-hydrogen) atoms. The largest absolute Gasteiger partial charge is 0.507 e. The first-order chi connectivity index (χ1) is 54.4.